The fourth-order valence-corrected chi connectivity index (χ4v) is 5.25. The third-order valence-electron chi connectivity index (χ3n) is 4.47. The Labute approximate surface area is 211 Å². The summed E-state index contributed by atoms with van der Waals surface area (Å²) in [7, 11) is 1.55. The number of halogens is 3. The van der Waals surface area contributed by atoms with Crippen LogP contribution in [0.1, 0.15) is 10.4 Å². The lowest BCUT2D eigenvalue weighted by molar-refractivity contribution is 0.0977. The molecule has 2 N–H and O–H groups in total. The second-order valence-electron chi connectivity index (χ2n) is 6.56. The number of ether oxygens (including phenoxy) is 1. The zero-order valence-electron chi connectivity index (χ0n) is 16.4. The first-order chi connectivity index (χ1) is 15.4. The van der Waals surface area contributed by atoms with E-state index in [1.807, 2.05) is 24.3 Å². The number of rotatable bonds is 4. The Morgan fingerprint density at radius 1 is 1.12 bits per heavy atom. The maximum absolute atomic E-state index is 12.6. The van der Waals surface area contributed by atoms with Crippen molar-refractivity contribution >= 4 is 89.6 Å². The van der Waals surface area contributed by atoms with E-state index < -0.39 is 0 Å². The summed E-state index contributed by atoms with van der Waals surface area (Å²) in [6.45, 7) is 0. The van der Waals surface area contributed by atoms with Crippen LogP contribution in [0.15, 0.2) is 59.1 Å². The van der Waals surface area contributed by atoms with Crippen LogP contribution in [-0.2, 0) is 0 Å². The molecule has 1 amide bonds. The van der Waals surface area contributed by atoms with Gasteiger partial charge in [0.05, 0.1) is 37.5 Å². The number of nitrogens with zero attached hydrogens (tertiary/aromatic N) is 1. The van der Waals surface area contributed by atoms with Gasteiger partial charge in [-0.15, -0.1) is 11.3 Å². The summed E-state index contributed by atoms with van der Waals surface area (Å²) in [5.74, 6) is 0.250. The Morgan fingerprint density at radius 2 is 1.91 bits per heavy atom. The summed E-state index contributed by atoms with van der Waals surface area (Å²) in [6.07, 6.45) is 0. The van der Waals surface area contributed by atoms with Crippen molar-refractivity contribution in [3.63, 3.8) is 0 Å². The standard InChI is InChI=1S/C22H14BrCl2N3O2S2/c1-30-18-7-6-11(8-13(18)23)20(29)28-22(31)27-17-9-12(14(24)10-15(17)25)21-26-16-4-2-3-5-19(16)32-21/h2-10H,1H3,(H2,27,28,29,31). The van der Waals surface area contributed by atoms with Crippen LogP contribution < -0.4 is 15.4 Å². The number of para-hydroxylation sites is 1. The lowest BCUT2D eigenvalue weighted by atomic mass is 10.2. The van der Waals surface area contributed by atoms with Crippen LogP contribution in [0.3, 0.4) is 0 Å². The number of aromatic nitrogens is 1. The molecular weight excluding hydrogens is 553 g/mol. The molecule has 0 bridgehead atoms. The van der Waals surface area contributed by atoms with E-state index in [4.69, 9.17) is 40.2 Å². The zero-order chi connectivity index (χ0) is 22.8. The number of benzene rings is 3. The van der Waals surface area contributed by atoms with Gasteiger partial charge < -0.3 is 10.1 Å². The van der Waals surface area contributed by atoms with Crippen molar-refractivity contribution in [2.24, 2.45) is 0 Å². The van der Waals surface area contributed by atoms with E-state index in [0.717, 1.165) is 15.2 Å². The third-order valence-corrected chi connectivity index (χ3v) is 6.99. The molecule has 0 fully saturated rings. The van der Waals surface area contributed by atoms with E-state index in [-0.39, 0.29) is 11.0 Å². The molecule has 5 nitrogen and oxygen atoms in total. The van der Waals surface area contributed by atoms with Gasteiger partial charge in [0, 0.05) is 11.1 Å². The summed E-state index contributed by atoms with van der Waals surface area (Å²) >= 11 is 23.0. The van der Waals surface area contributed by atoms with Crippen molar-refractivity contribution < 1.29 is 9.53 Å². The average molecular weight is 567 g/mol. The summed E-state index contributed by atoms with van der Waals surface area (Å²) in [4.78, 5) is 17.2. The molecule has 32 heavy (non-hydrogen) atoms. The average Bonchev–Trinajstić information content (AvgIpc) is 3.19. The number of amides is 1. The van der Waals surface area contributed by atoms with E-state index in [1.54, 1.807) is 37.4 Å². The van der Waals surface area contributed by atoms with Crippen LogP contribution in [-0.4, -0.2) is 23.1 Å². The number of carbonyl (C=O) groups excluding carboxylic acids is 1. The molecule has 0 aliphatic carbocycles. The number of thiazole rings is 1. The van der Waals surface area contributed by atoms with Gasteiger partial charge in [-0.25, -0.2) is 4.98 Å². The van der Waals surface area contributed by atoms with Gasteiger partial charge in [0.1, 0.15) is 10.8 Å². The molecule has 0 aliphatic heterocycles. The first kappa shape index (κ1) is 22.9. The second-order valence-corrected chi connectivity index (χ2v) is 9.66. The molecule has 0 spiro atoms. The van der Waals surface area contributed by atoms with E-state index in [2.05, 4.69) is 31.5 Å². The molecule has 0 aliphatic rings. The molecule has 0 atom stereocenters. The molecule has 4 rings (SSSR count). The molecule has 0 saturated carbocycles. The van der Waals surface area contributed by atoms with Gasteiger partial charge >= 0.3 is 0 Å². The predicted molar refractivity (Wildman–Crippen MR) is 139 cm³/mol. The van der Waals surface area contributed by atoms with Gasteiger partial charge in [-0.1, -0.05) is 35.3 Å². The van der Waals surface area contributed by atoms with Crippen molar-refractivity contribution in [3.8, 4) is 16.3 Å². The minimum absolute atomic E-state index is 0.0985. The number of hydrogen-bond donors (Lipinski definition) is 2. The maximum atomic E-state index is 12.6. The van der Waals surface area contributed by atoms with Gasteiger partial charge in [0.15, 0.2) is 5.11 Å². The predicted octanol–water partition coefficient (Wildman–Crippen LogP) is 7.17. The zero-order valence-corrected chi connectivity index (χ0v) is 21.1. The fraction of sp³-hybridized carbons (Fsp3) is 0.0455. The molecule has 0 radical (unpaired) electrons. The highest BCUT2D eigenvalue weighted by molar-refractivity contribution is 9.10. The van der Waals surface area contributed by atoms with Gasteiger partial charge in [-0.3, -0.25) is 10.1 Å². The second kappa shape index (κ2) is 9.72. The number of methoxy groups -OCH3 is 1. The van der Waals surface area contributed by atoms with Gasteiger partial charge in [0.25, 0.3) is 5.91 Å². The summed E-state index contributed by atoms with van der Waals surface area (Å²) in [5, 5.41) is 7.31. The lowest BCUT2D eigenvalue weighted by Gasteiger charge is -2.13. The summed E-state index contributed by atoms with van der Waals surface area (Å²) in [5.41, 5.74) is 2.53. The Kier molecular flexibility index (Phi) is 6.97. The fourth-order valence-electron chi connectivity index (χ4n) is 2.93. The Bertz CT molecular complexity index is 1330. The number of carbonyl (C=O) groups is 1. The molecule has 162 valence electrons. The highest BCUT2D eigenvalue weighted by atomic mass is 79.9. The van der Waals surface area contributed by atoms with E-state index >= 15 is 0 Å². The highest BCUT2D eigenvalue weighted by Gasteiger charge is 2.16. The van der Waals surface area contributed by atoms with Crippen molar-refractivity contribution in [1.82, 2.24) is 10.3 Å². The van der Waals surface area contributed by atoms with Crippen LogP contribution in [0.5, 0.6) is 5.75 Å². The Balaban J connectivity index is 1.54. The van der Waals surface area contributed by atoms with Crippen molar-refractivity contribution in [1.29, 1.82) is 0 Å². The van der Waals surface area contributed by atoms with Crippen LogP contribution in [0, 0.1) is 0 Å². The van der Waals surface area contributed by atoms with Gasteiger partial charge in [-0.2, -0.15) is 0 Å². The molecule has 1 aromatic heterocycles. The highest BCUT2D eigenvalue weighted by Crippen LogP contribution is 2.39. The van der Waals surface area contributed by atoms with E-state index in [9.17, 15) is 4.79 Å². The summed E-state index contributed by atoms with van der Waals surface area (Å²) < 4.78 is 6.90. The molecule has 0 saturated heterocycles. The number of nitrogens with one attached hydrogen (secondary N) is 2. The molecule has 4 aromatic rings. The normalized spacial score (nSPS) is 10.8. The molecule has 10 heteroatoms. The van der Waals surface area contributed by atoms with Crippen LogP contribution >= 0.6 is 62.7 Å². The van der Waals surface area contributed by atoms with Gasteiger partial charge in [-0.05, 0) is 70.6 Å². The first-order valence-corrected chi connectivity index (χ1v) is 11.9. The van der Waals surface area contributed by atoms with E-state index in [0.29, 0.717) is 37.1 Å². The topological polar surface area (TPSA) is 63.2 Å². The Morgan fingerprint density at radius 3 is 2.62 bits per heavy atom. The quantitative estimate of drug-likeness (QED) is 0.256. The summed E-state index contributed by atoms with van der Waals surface area (Å²) in [6, 6.07) is 16.2. The molecule has 0 unspecified atom stereocenters. The minimum Gasteiger partial charge on any atom is -0.496 e. The first-order valence-electron chi connectivity index (χ1n) is 9.16. The largest absolute Gasteiger partial charge is 0.496 e. The van der Waals surface area contributed by atoms with Crippen LogP contribution in [0.25, 0.3) is 20.8 Å². The molecule has 3 aromatic carbocycles. The van der Waals surface area contributed by atoms with Crippen LogP contribution in [0.4, 0.5) is 5.69 Å². The lowest BCUT2D eigenvalue weighted by Crippen LogP contribution is -2.34. The SMILES string of the molecule is COc1ccc(C(=O)NC(=S)Nc2cc(-c3nc4ccccc4s3)c(Cl)cc2Cl)cc1Br. The monoisotopic (exact) mass is 565 g/mol. The van der Waals surface area contributed by atoms with Crippen molar-refractivity contribution in [2.75, 3.05) is 12.4 Å². The Hall–Kier alpha value is -2.23. The molecular formula is C22H14BrCl2N3O2S2. The number of hydrogen-bond acceptors (Lipinski definition) is 5. The van der Waals surface area contributed by atoms with Crippen molar-refractivity contribution in [3.05, 3.63) is 74.7 Å². The minimum atomic E-state index is -0.373. The molecule has 1 heterocycles. The maximum Gasteiger partial charge on any atom is 0.257 e. The smallest absolute Gasteiger partial charge is 0.257 e. The number of fused-ring (bicyclic) bond motifs is 1. The van der Waals surface area contributed by atoms with Gasteiger partial charge in [0.2, 0.25) is 0 Å². The van der Waals surface area contributed by atoms with Crippen molar-refractivity contribution in [2.45, 2.75) is 0 Å². The number of thiocarbonyl (C=S) groups is 1. The third kappa shape index (κ3) is 4.89. The van der Waals surface area contributed by atoms with Crippen LogP contribution in [0.2, 0.25) is 10.0 Å². The van der Waals surface area contributed by atoms with E-state index in [1.165, 1.54) is 11.3 Å². The number of anilines is 1.